The van der Waals surface area contributed by atoms with Crippen LogP contribution in [0.5, 0.6) is 5.75 Å². The highest BCUT2D eigenvalue weighted by molar-refractivity contribution is 6.01. The third kappa shape index (κ3) is 3.16. The minimum atomic E-state index is 0.0146. The van der Waals surface area contributed by atoms with Crippen molar-refractivity contribution >= 4 is 5.84 Å². The lowest BCUT2D eigenvalue weighted by Gasteiger charge is -2.17. The second kappa shape index (κ2) is 7.19. The van der Waals surface area contributed by atoms with E-state index >= 15 is 0 Å². The number of nitrogens with two attached hydrogens (primary N) is 1. The molecule has 27 heavy (non-hydrogen) atoms. The molecule has 0 bridgehead atoms. The van der Waals surface area contributed by atoms with Crippen molar-refractivity contribution in [1.82, 2.24) is 14.3 Å². The van der Waals surface area contributed by atoms with Gasteiger partial charge in [0.15, 0.2) is 11.7 Å². The van der Waals surface area contributed by atoms with Crippen molar-refractivity contribution in [2.24, 2.45) is 10.9 Å². The molecular weight excluding hydrogens is 342 g/mol. The topological polar surface area (TPSA) is 102 Å². The zero-order valence-electron chi connectivity index (χ0n) is 16.1. The maximum Gasteiger partial charge on any atom is 0.175 e. The largest absolute Gasteiger partial charge is 0.508 e. The highest BCUT2D eigenvalue weighted by Crippen LogP contribution is 2.29. The summed E-state index contributed by atoms with van der Waals surface area (Å²) in [5.74, 6) is 0.936. The van der Waals surface area contributed by atoms with Gasteiger partial charge in [0, 0.05) is 11.4 Å². The van der Waals surface area contributed by atoms with Gasteiger partial charge in [-0.1, -0.05) is 18.5 Å². The molecule has 0 spiro atoms. The van der Waals surface area contributed by atoms with Crippen LogP contribution in [-0.4, -0.2) is 30.5 Å². The fourth-order valence-electron chi connectivity index (χ4n) is 3.46. The predicted octanol–water partition coefficient (Wildman–Crippen LogP) is 3.34. The first-order chi connectivity index (χ1) is 12.9. The van der Waals surface area contributed by atoms with E-state index in [1.807, 2.05) is 26.8 Å². The van der Waals surface area contributed by atoms with Gasteiger partial charge < -0.3 is 20.6 Å². The van der Waals surface area contributed by atoms with E-state index in [0.717, 1.165) is 41.3 Å². The molecule has 7 heteroatoms. The molecule has 3 rings (SSSR count). The molecule has 0 amide bonds. The Morgan fingerprint density at radius 1 is 1.19 bits per heavy atom. The van der Waals surface area contributed by atoms with Gasteiger partial charge in [0.25, 0.3) is 0 Å². The first-order valence-corrected chi connectivity index (χ1v) is 8.94. The van der Waals surface area contributed by atoms with Crippen molar-refractivity contribution in [1.29, 1.82) is 0 Å². The molecule has 3 aromatic rings. The summed E-state index contributed by atoms with van der Waals surface area (Å²) in [5, 5.41) is 27.0. The van der Waals surface area contributed by atoms with Crippen LogP contribution in [0, 0.1) is 20.8 Å². The third-order valence-corrected chi connectivity index (χ3v) is 4.68. The summed E-state index contributed by atoms with van der Waals surface area (Å²) < 4.78 is 3.90. The molecule has 0 atom stereocenters. The van der Waals surface area contributed by atoms with Gasteiger partial charge in [0.05, 0.1) is 16.9 Å². The number of amidine groups is 1. The quantitative estimate of drug-likeness (QED) is 0.278. The number of aromatic nitrogens is 3. The second-order valence-electron chi connectivity index (χ2n) is 6.70. The first kappa shape index (κ1) is 18.6. The Balaban J connectivity index is 2.39. The van der Waals surface area contributed by atoms with E-state index in [0.29, 0.717) is 11.3 Å². The SMILES string of the molecule is CCCc1ccc(C)n1-c1c(/C(N)=N/O)c(C)nn1-c1ccc(O)cc1C. The van der Waals surface area contributed by atoms with Crippen LogP contribution in [0.2, 0.25) is 0 Å². The first-order valence-electron chi connectivity index (χ1n) is 8.94. The van der Waals surface area contributed by atoms with Crippen LogP contribution < -0.4 is 5.73 Å². The number of phenols is 1. The van der Waals surface area contributed by atoms with E-state index in [1.165, 1.54) is 0 Å². The van der Waals surface area contributed by atoms with Gasteiger partial charge in [0.1, 0.15) is 5.75 Å². The van der Waals surface area contributed by atoms with Crippen molar-refractivity contribution in [3.8, 4) is 17.3 Å². The number of nitrogens with zero attached hydrogens (tertiary/aromatic N) is 4. The normalized spacial score (nSPS) is 11.9. The summed E-state index contributed by atoms with van der Waals surface area (Å²) in [6, 6.07) is 9.27. The lowest BCUT2D eigenvalue weighted by molar-refractivity contribution is 0.318. The van der Waals surface area contributed by atoms with Crippen molar-refractivity contribution in [3.63, 3.8) is 0 Å². The number of aromatic hydroxyl groups is 1. The maximum absolute atomic E-state index is 9.77. The van der Waals surface area contributed by atoms with Crippen LogP contribution in [0.1, 0.15) is 41.6 Å². The van der Waals surface area contributed by atoms with Crippen LogP contribution in [0.15, 0.2) is 35.5 Å². The molecule has 1 aromatic carbocycles. The summed E-state index contributed by atoms with van der Waals surface area (Å²) in [4.78, 5) is 0. The van der Waals surface area contributed by atoms with Crippen molar-refractivity contribution in [2.75, 3.05) is 0 Å². The van der Waals surface area contributed by atoms with Gasteiger partial charge >= 0.3 is 0 Å². The third-order valence-electron chi connectivity index (χ3n) is 4.68. The Bertz CT molecular complexity index is 1010. The molecule has 2 aromatic heterocycles. The van der Waals surface area contributed by atoms with Crippen LogP contribution in [0.3, 0.4) is 0 Å². The maximum atomic E-state index is 9.77. The summed E-state index contributed by atoms with van der Waals surface area (Å²) in [5.41, 5.74) is 11.1. The van der Waals surface area contributed by atoms with Crippen molar-refractivity contribution in [3.05, 3.63) is 58.5 Å². The minimum Gasteiger partial charge on any atom is -0.508 e. The predicted molar refractivity (Wildman–Crippen MR) is 105 cm³/mol. The van der Waals surface area contributed by atoms with Gasteiger partial charge in [0.2, 0.25) is 0 Å². The van der Waals surface area contributed by atoms with Crippen LogP contribution >= 0.6 is 0 Å². The smallest absolute Gasteiger partial charge is 0.175 e. The highest BCUT2D eigenvalue weighted by Gasteiger charge is 2.24. The molecule has 0 aliphatic rings. The van der Waals surface area contributed by atoms with Crippen molar-refractivity contribution < 1.29 is 10.3 Å². The van der Waals surface area contributed by atoms with E-state index in [4.69, 9.17) is 5.73 Å². The van der Waals surface area contributed by atoms with Crippen LogP contribution in [0.4, 0.5) is 0 Å². The molecule has 0 aliphatic carbocycles. The minimum absolute atomic E-state index is 0.0146. The Labute approximate surface area is 158 Å². The molecule has 7 nitrogen and oxygen atoms in total. The number of benzene rings is 1. The number of phenolic OH excluding ortho intramolecular Hbond substituents is 1. The lowest BCUT2D eigenvalue weighted by Crippen LogP contribution is -2.19. The summed E-state index contributed by atoms with van der Waals surface area (Å²) >= 11 is 0. The molecule has 0 fully saturated rings. The average molecular weight is 367 g/mol. The average Bonchev–Trinajstić information content (AvgIpc) is 3.14. The van der Waals surface area contributed by atoms with Crippen molar-refractivity contribution in [2.45, 2.75) is 40.5 Å². The Hall–Kier alpha value is -3.22. The number of oxime groups is 1. The van der Waals surface area contributed by atoms with E-state index in [-0.39, 0.29) is 11.6 Å². The molecule has 2 heterocycles. The molecule has 0 radical (unpaired) electrons. The lowest BCUT2D eigenvalue weighted by atomic mass is 10.1. The molecule has 142 valence electrons. The molecule has 4 N–H and O–H groups in total. The Morgan fingerprint density at radius 3 is 2.56 bits per heavy atom. The zero-order chi connectivity index (χ0) is 19.7. The van der Waals surface area contributed by atoms with Gasteiger partial charge in [-0.15, -0.1) is 0 Å². The summed E-state index contributed by atoms with van der Waals surface area (Å²) in [6.45, 7) is 7.89. The molecular formula is C20H25N5O2. The fourth-order valence-corrected chi connectivity index (χ4v) is 3.46. The van der Waals surface area contributed by atoms with Crippen LogP contribution in [-0.2, 0) is 6.42 Å². The summed E-state index contributed by atoms with van der Waals surface area (Å²) in [7, 11) is 0. The summed E-state index contributed by atoms with van der Waals surface area (Å²) in [6.07, 6.45) is 1.88. The van der Waals surface area contributed by atoms with E-state index in [1.54, 1.807) is 16.8 Å². The highest BCUT2D eigenvalue weighted by atomic mass is 16.4. The van der Waals surface area contributed by atoms with E-state index in [9.17, 15) is 10.3 Å². The fraction of sp³-hybridized carbons (Fsp3) is 0.300. The number of hydrogen-bond acceptors (Lipinski definition) is 4. The van der Waals surface area contributed by atoms with Gasteiger partial charge in [-0.05, 0) is 63.1 Å². The van der Waals surface area contributed by atoms with Crippen LogP contribution in [0.25, 0.3) is 11.5 Å². The second-order valence-corrected chi connectivity index (χ2v) is 6.70. The standard InChI is InChI=1S/C20H25N5O2/c1-5-6-15-8-7-13(3)24(15)20-18(19(21)23-27)14(4)22-25(20)17-10-9-16(26)11-12(17)2/h7-11,26-27H,5-6H2,1-4H3,(H2,21,23). The van der Waals surface area contributed by atoms with E-state index in [2.05, 4.69) is 33.9 Å². The molecule has 0 aliphatic heterocycles. The molecule has 0 unspecified atom stereocenters. The molecule has 0 saturated carbocycles. The van der Waals surface area contributed by atoms with Gasteiger partial charge in [-0.25, -0.2) is 4.68 Å². The van der Waals surface area contributed by atoms with Gasteiger partial charge in [-0.2, -0.15) is 5.10 Å². The Morgan fingerprint density at radius 2 is 1.93 bits per heavy atom. The number of hydrogen-bond donors (Lipinski definition) is 3. The van der Waals surface area contributed by atoms with E-state index < -0.39 is 0 Å². The Kier molecular flexibility index (Phi) is 4.94. The monoisotopic (exact) mass is 367 g/mol. The number of aryl methyl sites for hydroxylation is 4. The molecule has 0 saturated heterocycles. The zero-order valence-corrected chi connectivity index (χ0v) is 16.1. The number of rotatable bonds is 5. The van der Waals surface area contributed by atoms with Gasteiger partial charge in [-0.3, -0.25) is 0 Å².